The number of rotatable bonds is 7. The molecule has 0 radical (unpaired) electrons. The molecule has 0 unspecified atom stereocenters. The third-order valence-electron chi connectivity index (χ3n) is 4.38. The molecule has 1 aliphatic carbocycles. The second-order valence-corrected chi connectivity index (χ2v) is 9.43. The highest BCUT2D eigenvalue weighted by Gasteiger charge is 2.27. The van der Waals surface area contributed by atoms with Crippen LogP contribution in [0.1, 0.15) is 12.8 Å². The average molecular weight is 420 g/mol. The van der Waals surface area contributed by atoms with Gasteiger partial charge in [0.25, 0.3) is 10.0 Å². The summed E-state index contributed by atoms with van der Waals surface area (Å²) >= 11 is 7.74. The molecule has 2 aromatic carbocycles. The van der Waals surface area contributed by atoms with Gasteiger partial charge in [-0.05, 0) is 49.1 Å². The van der Waals surface area contributed by atoms with Crippen molar-refractivity contribution in [3.05, 3.63) is 65.1 Å². The largest absolute Gasteiger partial charge is 0.340 e. The molecule has 0 atom stereocenters. The fourth-order valence-corrected chi connectivity index (χ4v) is 4.99. The lowest BCUT2D eigenvalue weighted by Gasteiger charge is -2.26. The summed E-state index contributed by atoms with van der Waals surface area (Å²) in [5.41, 5.74) is 1.85. The van der Waals surface area contributed by atoms with E-state index in [0.717, 1.165) is 17.9 Å². The molecule has 1 fully saturated rings. The Morgan fingerprint density at radius 2 is 1.96 bits per heavy atom. The van der Waals surface area contributed by atoms with Crippen molar-refractivity contribution in [2.24, 2.45) is 5.92 Å². The Bertz CT molecular complexity index is 1020. The molecule has 8 heteroatoms. The fraction of sp³-hybridized carbons (Fsp3) is 0.211. The van der Waals surface area contributed by atoms with E-state index < -0.39 is 10.0 Å². The summed E-state index contributed by atoms with van der Waals surface area (Å²) in [6.45, 7) is 0.868. The van der Waals surface area contributed by atoms with Crippen molar-refractivity contribution < 1.29 is 8.42 Å². The number of para-hydroxylation sites is 1. The van der Waals surface area contributed by atoms with Gasteiger partial charge in [0.2, 0.25) is 0 Å². The summed E-state index contributed by atoms with van der Waals surface area (Å²) in [5, 5.41) is 2.44. The van der Waals surface area contributed by atoms with Crippen molar-refractivity contribution in [1.82, 2.24) is 4.98 Å². The van der Waals surface area contributed by atoms with Crippen LogP contribution >= 0.6 is 22.9 Å². The third-order valence-corrected chi connectivity index (χ3v) is 6.84. The summed E-state index contributed by atoms with van der Waals surface area (Å²) in [4.78, 5) is 6.24. The van der Waals surface area contributed by atoms with E-state index in [1.54, 1.807) is 23.7 Å². The summed E-state index contributed by atoms with van der Waals surface area (Å²) < 4.78 is 27.6. The van der Waals surface area contributed by atoms with Crippen LogP contribution in [0.3, 0.4) is 0 Å². The van der Waals surface area contributed by atoms with Crippen molar-refractivity contribution >= 4 is 49.5 Å². The van der Waals surface area contributed by atoms with Gasteiger partial charge in [0, 0.05) is 23.8 Å². The lowest BCUT2D eigenvalue weighted by Crippen LogP contribution is -2.20. The number of hydrogen-bond donors (Lipinski definition) is 1. The average Bonchev–Trinajstić information content (AvgIpc) is 3.35. The number of anilines is 3. The molecule has 3 aromatic rings. The number of sulfonamides is 1. The Morgan fingerprint density at radius 3 is 2.59 bits per heavy atom. The van der Waals surface area contributed by atoms with Gasteiger partial charge in [0.15, 0.2) is 5.13 Å². The number of nitrogens with one attached hydrogen (secondary N) is 1. The van der Waals surface area contributed by atoms with Crippen LogP contribution in [0.4, 0.5) is 16.5 Å². The van der Waals surface area contributed by atoms with Gasteiger partial charge in [-0.3, -0.25) is 4.72 Å². The number of benzene rings is 2. The van der Waals surface area contributed by atoms with E-state index in [2.05, 4.69) is 14.6 Å². The van der Waals surface area contributed by atoms with E-state index >= 15 is 0 Å². The molecule has 1 saturated carbocycles. The van der Waals surface area contributed by atoms with E-state index in [0.29, 0.717) is 16.1 Å². The molecule has 1 aliphatic rings. The van der Waals surface area contributed by atoms with E-state index in [1.165, 1.54) is 30.2 Å². The molecule has 4 rings (SSSR count). The number of hydrogen-bond acceptors (Lipinski definition) is 5. The first-order valence-corrected chi connectivity index (χ1v) is 11.3. The molecule has 5 nitrogen and oxygen atoms in total. The van der Waals surface area contributed by atoms with Crippen molar-refractivity contribution in [2.75, 3.05) is 16.2 Å². The highest BCUT2D eigenvalue weighted by atomic mass is 35.5. The number of halogens is 1. The van der Waals surface area contributed by atoms with Gasteiger partial charge in [-0.15, -0.1) is 11.3 Å². The normalized spacial score (nSPS) is 14.1. The van der Waals surface area contributed by atoms with Crippen LogP contribution in [0.25, 0.3) is 0 Å². The van der Waals surface area contributed by atoms with Gasteiger partial charge >= 0.3 is 0 Å². The minimum atomic E-state index is -3.73. The number of thiazole rings is 1. The zero-order chi connectivity index (χ0) is 18.9. The molecule has 0 saturated heterocycles. The lowest BCUT2D eigenvalue weighted by molar-refractivity contribution is 0.601. The zero-order valence-corrected chi connectivity index (χ0v) is 16.8. The van der Waals surface area contributed by atoms with Gasteiger partial charge in [-0.2, -0.15) is 0 Å². The minimum absolute atomic E-state index is 0.117. The van der Waals surface area contributed by atoms with Crippen LogP contribution in [0, 0.1) is 5.92 Å². The van der Waals surface area contributed by atoms with E-state index in [1.807, 2.05) is 30.3 Å². The SMILES string of the molecule is O=S(=O)(Nc1nccs1)c1ccc(N(CC2CC2)c2ccccc2)c(Cl)c1. The standard InChI is InChI=1S/C19H18ClN3O2S2/c20-17-12-16(27(24,25)22-19-21-10-11-26-19)8-9-18(17)23(13-14-6-7-14)15-4-2-1-3-5-15/h1-5,8-12,14H,6-7,13H2,(H,21,22). The number of nitrogens with zero attached hydrogens (tertiary/aromatic N) is 2. The first-order valence-electron chi connectivity index (χ1n) is 8.57. The minimum Gasteiger partial charge on any atom is -0.340 e. The van der Waals surface area contributed by atoms with Gasteiger partial charge < -0.3 is 4.90 Å². The molecule has 140 valence electrons. The van der Waals surface area contributed by atoms with Crippen LogP contribution in [0.2, 0.25) is 5.02 Å². The predicted molar refractivity (Wildman–Crippen MR) is 111 cm³/mol. The van der Waals surface area contributed by atoms with Crippen LogP contribution in [-0.2, 0) is 10.0 Å². The topological polar surface area (TPSA) is 62.3 Å². The Balaban J connectivity index is 1.65. The van der Waals surface area contributed by atoms with Crippen LogP contribution < -0.4 is 9.62 Å². The smallest absolute Gasteiger partial charge is 0.263 e. The fourth-order valence-electron chi connectivity index (χ4n) is 2.83. The first-order chi connectivity index (χ1) is 13.0. The van der Waals surface area contributed by atoms with Crippen LogP contribution in [0.15, 0.2) is 65.0 Å². The van der Waals surface area contributed by atoms with Crippen molar-refractivity contribution in [3.63, 3.8) is 0 Å². The van der Waals surface area contributed by atoms with E-state index in [-0.39, 0.29) is 4.90 Å². The predicted octanol–water partition coefficient (Wildman–Crippen LogP) is 5.15. The molecule has 1 aromatic heterocycles. The quantitative estimate of drug-likeness (QED) is 0.575. The Labute approximate surface area is 167 Å². The monoisotopic (exact) mass is 419 g/mol. The summed E-state index contributed by atoms with van der Waals surface area (Å²) in [6.07, 6.45) is 3.98. The highest BCUT2D eigenvalue weighted by molar-refractivity contribution is 7.93. The van der Waals surface area contributed by atoms with Crippen LogP contribution in [-0.4, -0.2) is 19.9 Å². The maximum Gasteiger partial charge on any atom is 0.263 e. The molecule has 0 aliphatic heterocycles. The van der Waals surface area contributed by atoms with Gasteiger partial charge in [-0.25, -0.2) is 13.4 Å². The van der Waals surface area contributed by atoms with Gasteiger partial charge in [0.05, 0.1) is 15.6 Å². The maximum atomic E-state index is 12.6. The molecule has 0 bridgehead atoms. The molecule has 0 spiro atoms. The second kappa shape index (κ2) is 7.50. The second-order valence-electron chi connectivity index (χ2n) is 6.45. The molecule has 1 N–H and O–H groups in total. The third kappa shape index (κ3) is 4.26. The molecule has 27 heavy (non-hydrogen) atoms. The zero-order valence-electron chi connectivity index (χ0n) is 14.4. The summed E-state index contributed by atoms with van der Waals surface area (Å²) in [7, 11) is -3.73. The molecule has 1 heterocycles. The van der Waals surface area contributed by atoms with Crippen molar-refractivity contribution in [2.45, 2.75) is 17.7 Å². The first kappa shape index (κ1) is 18.3. The summed E-state index contributed by atoms with van der Waals surface area (Å²) in [6, 6.07) is 14.9. The van der Waals surface area contributed by atoms with Gasteiger partial charge in [0.1, 0.15) is 0 Å². The summed E-state index contributed by atoms with van der Waals surface area (Å²) in [5.74, 6) is 0.649. The molecular weight excluding hydrogens is 402 g/mol. The molecule has 0 amide bonds. The van der Waals surface area contributed by atoms with Crippen LogP contribution in [0.5, 0.6) is 0 Å². The molecular formula is C19H18ClN3O2S2. The highest BCUT2D eigenvalue weighted by Crippen LogP contribution is 2.38. The van der Waals surface area contributed by atoms with E-state index in [9.17, 15) is 8.42 Å². The van der Waals surface area contributed by atoms with Crippen molar-refractivity contribution in [1.29, 1.82) is 0 Å². The lowest BCUT2D eigenvalue weighted by atomic mass is 10.2. The van der Waals surface area contributed by atoms with Crippen molar-refractivity contribution in [3.8, 4) is 0 Å². The Morgan fingerprint density at radius 1 is 1.19 bits per heavy atom. The Kier molecular flexibility index (Phi) is 5.08. The Hall–Kier alpha value is -2.09. The number of aromatic nitrogens is 1. The van der Waals surface area contributed by atoms with E-state index in [4.69, 9.17) is 11.6 Å². The maximum absolute atomic E-state index is 12.6. The van der Waals surface area contributed by atoms with Gasteiger partial charge in [-0.1, -0.05) is 29.8 Å².